The zero-order chi connectivity index (χ0) is 13.6. The average molecular weight is 327 g/mol. The number of nitrogens with zero attached hydrogens (tertiary/aromatic N) is 1. The number of halogens is 2. The smallest absolute Gasteiger partial charge is 0.257 e. The van der Waals surface area contributed by atoms with Crippen molar-refractivity contribution in [1.82, 2.24) is 10.2 Å². The molecule has 19 heavy (non-hydrogen) atoms. The molecule has 3 unspecified atom stereocenters. The SMILES string of the molecule is CC1CC2CNCC2N1C(=O)c1cccc(Br)c1F. The van der Waals surface area contributed by atoms with Crippen LogP contribution in [0, 0.1) is 11.7 Å². The van der Waals surface area contributed by atoms with E-state index >= 15 is 0 Å². The van der Waals surface area contributed by atoms with Crippen molar-refractivity contribution in [2.45, 2.75) is 25.4 Å². The molecule has 3 nitrogen and oxygen atoms in total. The van der Waals surface area contributed by atoms with Gasteiger partial charge in [0, 0.05) is 25.2 Å². The van der Waals surface area contributed by atoms with Gasteiger partial charge in [0.2, 0.25) is 0 Å². The standard InChI is InChI=1S/C14H16BrFN2O/c1-8-5-9-6-17-7-12(9)18(8)14(19)10-3-2-4-11(15)13(10)16/h2-4,8-9,12,17H,5-7H2,1H3. The second kappa shape index (κ2) is 4.87. The number of carbonyl (C=O) groups is 1. The third kappa shape index (κ3) is 2.09. The number of rotatable bonds is 1. The highest BCUT2D eigenvalue weighted by molar-refractivity contribution is 9.10. The molecule has 3 atom stereocenters. The zero-order valence-electron chi connectivity index (χ0n) is 10.7. The summed E-state index contributed by atoms with van der Waals surface area (Å²) in [5.74, 6) is -0.147. The van der Waals surface area contributed by atoms with Crippen LogP contribution in [0.5, 0.6) is 0 Å². The van der Waals surface area contributed by atoms with E-state index in [1.165, 1.54) is 0 Å². The summed E-state index contributed by atoms with van der Waals surface area (Å²) in [5.41, 5.74) is 0.161. The van der Waals surface area contributed by atoms with Gasteiger partial charge in [0.05, 0.1) is 10.0 Å². The minimum Gasteiger partial charge on any atom is -0.331 e. The summed E-state index contributed by atoms with van der Waals surface area (Å²) >= 11 is 3.14. The summed E-state index contributed by atoms with van der Waals surface area (Å²) in [6.45, 7) is 3.82. The number of hydrogen-bond donors (Lipinski definition) is 1. The first-order valence-corrected chi connectivity index (χ1v) is 7.36. The normalized spacial score (nSPS) is 29.6. The largest absolute Gasteiger partial charge is 0.331 e. The Hall–Kier alpha value is -0.940. The van der Waals surface area contributed by atoms with Crippen LogP contribution in [0.4, 0.5) is 4.39 Å². The summed E-state index contributed by atoms with van der Waals surface area (Å²) < 4.78 is 14.4. The molecule has 0 aromatic heterocycles. The predicted molar refractivity (Wildman–Crippen MR) is 74.5 cm³/mol. The van der Waals surface area contributed by atoms with Crippen molar-refractivity contribution in [2.75, 3.05) is 13.1 Å². The van der Waals surface area contributed by atoms with Gasteiger partial charge in [-0.3, -0.25) is 4.79 Å². The minimum absolute atomic E-state index is 0.161. The fourth-order valence-corrected chi connectivity index (χ4v) is 3.69. The Labute approximate surface area is 120 Å². The Bertz CT molecular complexity index is 522. The van der Waals surface area contributed by atoms with E-state index in [1.807, 2.05) is 11.8 Å². The van der Waals surface area contributed by atoms with Crippen molar-refractivity contribution in [3.8, 4) is 0 Å². The first kappa shape index (κ1) is 13.1. The molecule has 1 amide bonds. The molecule has 2 heterocycles. The van der Waals surface area contributed by atoms with Crippen LogP contribution in [0.1, 0.15) is 23.7 Å². The van der Waals surface area contributed by atoms with E-state index in [4.69, 9.17) is 0 Å². The molecule has 0 radical (unpaired) electrons. The lowest BCUT2D eigenvalue weighted by Crippen LogP contribution is -2.43. The summed E-state index contributed by atoms with van der Waals surface area (Å²) in [4.78, 5) is 14.5. The lowest BCUT2D eigenvalue weighted by Gasteiger charge is -2.28. The molecule has 102 valence electrons. The summed E-state index contributed by atoms with van der Waals surface area (Å²) in [7, 11) is 0. The second-order valence-electron chi connectivity index (χ2n) is 5.38. The van der Waals surface area contributed by atoms with Gasteiger partial charge < -0.3 is 10.2 Å². The van der Waals surface area contributed by atoms with Crippen LogP contribution in [0.2, 0.25) is 0 Å². The first-order valence-electron chi connectivity index (χ1n) is 6.57. The molecular weight excluding hydrogens is 311 g/mol. The number of nitrogens with one attached hydrogen (secondary N) is 1. The molecule has 3 rings (SSSR count). The van der Waals surface area contributed by atoms with Gasteiger partial charge in [0.15, 0.2) is 0 Å². The maximum atomic E-state index is 14.1. The van der Waals surface area contributed by atoms with E-state index in [0.29, 0.717) is 10.4 Å². The Balaban J connectivity index is 1.93. The fraction of sp³-hybridized carbons (Fsp3) is 0.500. The molecule has 5 heteroatoms. The molecule has 2 fully saturated rings. The Morgan fingerprint density at radius 3 is 3.05 bits per heavy atom. The van der Waals surface area contributed by atoms with E-state index in [1.54, 1.807) is 18.2 Å². The summed E-state index contributed by atoms with van der Waals surface area (Å²) in [6, 6.07) is 5.26. The van der Waals surface area contributed by atoms with Gasteiger partial charge in [0.1, 0.15) is 5.82 Å². The first-order chi connectivity index (χ1) is 9.09. The fourth-order valence-electron chi connectivity index (χ4n) is 3.32. The van der Waals surface area contributed by atoms with Gasteiger partial charge in [-0.05, 0) is 47.3 Å². The minimum atomic E-state index is -0.464. The average Bonchev–Trinajstić information content (AvgIpc) is 2.91. The highest BCUT2D eigenvalue weighted by atomic mass is 79.9. The third-order valence-electron chi connectivity index (χ3n) is 4.20. The number of benzene rings is 1. The monoisotopic (exact) mass is 326 g/mol. The van der Waals surface area contributed by atoms with Gasteiger partial charge in [-0.2, -0.15) is 0 Å². The topological polar surface area (TPSA) is 32.3 Å². The van der Waals surface area contributed by atoms with E-state index < -0.39 is 5.82 Å². The maximum absolute atomic E-state index is 14.1. The molecule has 0 spiro atoms. The highest BCUT2D eigenvalue weighted by Crippen LogP contribution is 2.34. The van der Waals surface area contributed by atoms with Gasteiger partial charge in [0.25, 0.3) is 5.91 Å². The van der Waals surface area contributed by atoms with Crippen LogP contribution in [0.25, 0.3) is 0 Å². The molecule has 2 aliphatic heterocycles. The quantitative estimate of drug-likeness (QED) is 0.859. The number of amides is 1. The van der Waals surface area contributed by atoms with Crippen molar-refractivity contribution in [3.63, 3.8) is 0 Å². The Morgan fingerprint density at radius 2 is 2.26 bits per heavy atom. The predicted octanol–water partition coefficient (Wildman–Crippen LogP) is 2.41. The molecule has 1 N–H and O–H groups in total. The van der Waals surface area contributed by atoms with Crippen molar-refractivity contribution in [1.29, 1.82) is 0 Å². The molecular formula is C14H16BrFN2O. The van der Waals surface area contributed by atoms with Gasteiger partial charge in [-0.25, -0.2) is 4.39 Å². The van der Waals surface area contributed by atoms with E-state index in [0.717, 1.165) is 19.5 Å². The molecule has 0 aliphatic carbocycles. The molecule has 2 saturated heterocycles. The highest BCUT2D eigenvalue weighted by Gasteiger charge is 2.44. The molecule has 1 aromatic carbocycles. The van der Waals surface area contributed by atoms with E-state index in [-0.39, 0.29) is 23.6 Å². The second-order valence-corrected chi connectivity index (χ2v) is 6.24. The number of fused-ring (bicyclic) bond motifs is 1. The van der Waals surface area contributed by atoms with Gasteiger partial charge in [-0.15, -0.1) is 0 Å². The van der Waals surface area contributed by atoms with Crippen LogP contribution >= 0.6 is 15.9 Å². The van der Waals surface area contributed by atoms with E-state index in [2.05, 4.69) is 21.2 Å². The van der Waals surface area contributed by atoms with Crippen molar-refractivity contribution in [2.24, 2.45) is 5.92 Å². The van der Waals surface area contributed by atoms with Crippen molar-refractivity contribution in [3.05, 3.63) is 34.1 Å². The molecule has 0 saturated carbocycles. The molecule has 2 aliphatic rings. The molecule has 0 bridgehead atoms. The van der Waals surface area contributed by atoms with Crippen LogP contribution < -0.4 is 5.32 Å². The molecule has 1 aromatic rings. The maximum Gasteiger partial charge on any atom is 0.257 e. The lowest BCUT2D eigenvalue weighted by atomic mass is 10.0. The van der Waals surface area contributed by atoms with Crippen molar-refractivity contribution >= 4 is 21.8 Å². The van der Waals surface area contributed by atoms with Crippen LogP contribution in [-0.4, -0.2) is 36.0 Å². The lowest BCUT2D eigenvalue weighted by molar-refractivity contribution is 0.0677. The zero-order valence-corrected chi connectivity index (χ0v) is 12.3. The summed E-state index contributed by atoms with van der Waals surface area (Å²) in [6.07, 6.45) is 0.999. The van der Waals surface area contributed by atoms with Crippen LogP contribution in [0.3, 0.4) is 0 Å². The number of hydrogen-bond acceptors (Lipinski definition) is 2. The Kier molecular flexibility index (Phi) is 3.35. The number of likely N-dealkylation sites (tertiary alicyclic amines) is 1. The van der Waals surface area contributed by atoms with Crippen LogP contribution in [-0.2, 0) is 0 Å². The van der Waals surface area contributed by atoms with Gasteiger partial charge in [-0.1, -0.05) is 6.07 Å². The number of carbonyl (C=O) groups excluding carboxylic acids is 1. The Morgan fingerprint density at radius 1 is 1.47 bits per heavy atom. The van der Waals surface area contributed by atoms with Crippen LogP contribution in [0.15, 0.2) is 22.7 Å². The van der Waals surface area contributed by atoms with Gasteiger partial charge >= 0.3 is 0 Å². The van der Waals surface area contributed by atoms with E-state index in [9.17, 15) is 9.18 Å². The summed E-state index contributed by atoms with van der Waals surface area (Å²) in [5, 5.41) is 3.31. The van der Waals surface area contributed by atoms with Crippen molar-refractivity contribution < 1.29 is 9.18 Å². The third-order valence-corrected chi connectivity index (χ3v) is 4.81.